The molecule has 4 heteroatoms. The molecule has 0 bridgehead atoms. The molecule has 0 aliphatic carbocycles. The van der Waals surface area contributed by atoms with E-state index >= 15 is 0 Å². The first-order valence-electron chi connectivity index (χ1n) is 4.68. The highest BCUT2D eigenvalue weighted by Gasteiger charge is 2.02. The number of halogens is 1. The molecule has 0 heterocycles. The van der Waals surface area contributed by atoms with Crippen molar-refractivity contribution in [2.75, 3.05) is 17.3 Å². The Balaban J connectivity index is 2.57. The molecular formula is C11H14BrNOS. The van der Waals surface area contributed by atoms with Crippen molar-refractivity contribution in [3.63, 3.8) is 0 Å². The molecule has 1 aromatic rings. The van der Waals surface area contributed by atoms with Gasteiger partial charge in [-0.25, -0.2) is 0 Å². The Morgan fingerprint density at radius 2 is 2.27 bits per heavy atom. The topological polar surface area (TPSA) is 29.1 Å². The third-order valence-corrected chi connectivity index (χ3v) is 3.48. The molecule has 0 fully saturated rings. The minimum atomic E-state index is 0.0751. The molecule has 0 aromatic heterocycles. The fourth-order valence-electron chi connectivity index (χ4n) is 1.14. The van der Waals surface area contributed by atoms with Gasteiger partial charge in [-0.1, -0.05) is 15.9 Å². The van der Waals surface area contributed by atoms with Crippen molar-refractivity contribution >= 4 is 39.3 Å². The molecule has 0 saturated heterocycles. The molecule has 0 aliphatic heterocycles. The van der Waals surface area contributed by atoms with Crippen molar-refractivity contribution < 1.29 is 4.79 Å². The van der Waals surface area contributed by atoms with E-state index in [0.717, 1.165) is 21.5 Å². The molecule has 82 valence electrons. The SMILES string of the molecule is CSCCC(=O)Nc1ccc(Br)c(C)c1. The van der Waals surface area contributed by atoms with Gasteiger partial charge in [0.25, 0.3) is 0 Å². The number of carbonyl (C=O) groups is 1. The third-order valence-electron chi connectivity index (χ3n) is 1.97. The molecule has 0 radical (unpaired) electrons. The summed E-state index contributed by atoms with van der Waals surface area (Å²) in [5.41, 5.74) is 1.99. The van der Waals surface area contributed by atoms with E-state index < -0.39 is 0 Å². The predicted molar refractivity (Wildman–Crippen MR) is 70.5 cm³/mol. The molecule has 0 saturated carbocycles. The highest BCUT2D eigenvalue weighted by molar-refractivity contribution is 9.10. The lowest BCUT2D eigenvalue weighted by Crippen LogP contribution is -2.12. The lowest BCUT2D eigenvalue weighted by Gasteiger charge is -2.06. The Hall–Kier alpha value is -0.480. The first-order valence-corrected chi connectivity index (χ1v) is 6.87. The van der Waals surface area contributed by atoms with E-state index in [2.05, 4.69) is 21.2 Å². The van der Waals surface area contributed by atoms with Crippen LogP contribution in [-0.4, -0.2) is 17.9 Å². The zero-order valence-electron chi connectivity index (χ0n) is 8.84. The summed E-state index contributed by atoms with van der Waals surface area (Å²) < 4.78 is 1.06. The van der Waals surface area contributed by atoms with Gasteiger partial charge in [0.15, 0.2) is 0 Å². The van der Waals surface area contributed by atoms with E-state index in [1.807, 2.05) is 31.4 Å². The van der Waals surface area contributed by atoms with Crippen LogP contribution in [0.15, 0.2) is 22.7 Å². The molecular weight excluding hydrogens is 274 g/mol. The number of aryl methyl sites for hydroxylation is 1. The van der Waals surface area contributed by atoms with Gasteiger partial charge in [-0.15, -0.1) is 0 Å². The predicted octanol–water partition coefficient (Wildman–Crippen LogP) is 3.45. The van der Waals surface area contributed by atoms with E-state index in [1.54, 1.807) is 11.8 Å². The van der Waals surface area contributed by atoms with Gasteiger partial charge in [0.05, 0.1) is 0 Å². The quantitative estimate of drug-likeness (QED) is 0.919. The van der Waals surface area contributed by atoms with Crippen LogP contribution in [0.5, 0.6) is 0 Å². The number of benzene rings is 1. The average molecular weight is 288 g/mol. The van der Waals surface area contributed by atoms with Gasteiger partial charge in [0.2, 0.25) is 5.91 Å². The van der Waals surface area contributed by atoms with E-state index in [-0.39, 0.29) is 5.91 Å². The maximum Gasteiger partial charge on any atom is 0.225 e. The van der Waals surface area contributed by atoms with Gasteiger partial charge in [-0.2, -0.15) is 11.8 Å². The number of nitrogens with one attached hydrogen (secondary N) is 1. The number of thioether (sulfide) groups is 1. The van der Waals surface area contributed by atoms with Crippen molar-refractivity contribution in [2.45, 2.75) is 13.3 Å². The molecule has 0 unspecified atom stereocenters. The van der Waals surface area contributed by atoms with Crippen molar-refractivity contribution in [3.8, 4) is 0 Å². The van der Waals surface area contributed by atoms with Crippen LogP contribution in [-0.2, 0) is 4.79 Å². The third kappa shape index (κ3) is 4.26. The van der Waals surface area contributed by atoms with Gasteiger partial charge >= 0.3 is 0 Å². The molecule has 1 amide bonds. The number of rotatable bonds is 4. The average Bonchev–Trinajstić information content (AvgIpc) is 2.20. The summed E-state index contributed by atoms with van der Waals surface area (Å²) >= 11 is 5.10. The number of amides is 1. The second-order valence-corrected chi connectivity index (χ2v) is 5.09. The zero-order valence-corrected chi connectivity index (χ0v) is 11.2. The summed E-state index contributed by atoms with van der Waals surface area (Å²) in [5.74, 6) is 0.938. The van der Waals surface area contributed by atoms with Crippen molar-refractivity contribution in [1.29, 1.82) is 0 Å². The maximum absolute atomic E-state index is 11.4. The second kappa shape index (κ2) is 6.18. The largest absolute Gasteiger partial charge is 0.326 e. The van der Waals surface area contributed by atoms with E-state index in [0.29, 0.717) is 6.42 Å². The molecule has 1 aromatic carbocycles. The number of hydrogen-bond acceptors (Lipinski definition) is 2. The van der Waals surface area contributed by atoms with E-state index in [4.69, 9.17) is 0 Å². The van der Waals surface area contributed by atoms with Crippen LogP contribution in [0.2, 0.25) is 0 Å². The summed E-state index contributed by atoms with van der Waals surface area (Å²) in [6.45, 7) is 2.00. The van der Waals surface area contributed by atoms with Crippen LogP contribution in [0.25, 0.3) is 0 Å². The Morgan fingerprint density at radius 3 is 2.87 bits per heavy atom. The van der Waals surface area contributed by atoms with E-state index in [9.17, 15) is 4.79 Å². The van der Waals surface area contributed by atoms with E-state index in [1.165, 1.54) is 0 Å². The summed E-state index contributed by atoms with van der Waals surface area (Å²) in [6.07, 6.45) is 2.56. The fourth-order valence-corrected chi connectivity index (χ4v) is 1.78. The number of hydrogen-bond donors (Lipinski definition) is 1. The highest BCUT2D eigenvalue weighted by Crippen LogP contribution is 2.20. The molecule has 0 spiro atoms. The lowest BCUT2D eigenvalue weighted by molar-refractivity contribution is -0.115. The number of carbonyl (C=O) groups excluding carboxylic acids is 1. The van der Waals surface area contributed by atoms with Crippen LogP contribution < -0.4 is 5.32 Å². The molecule has 2 nitrogen and oxygen atoms in total. The second-order valence-electron chi connectivity index (χ2n) is 3.25. The minimum Gasteiger partial charge on any atom is -0.326 e. The molecule has 0 atom stereocenters. The van der Waals surface area contributed by atoms with Gasteiger partial charge < -0.3 is 5.32 Å². The zero-order chi connectivity index (χ0) is 11.3. The fraction of sp³-hybridized carbons (Fsp3) is 0.364. The highest BCUT2D eigenvalue weighted by atomic mass is 79.9. The van der Waals surface area contributed by atoms with Gasteiger partial charge in [-0.3, -0.25) is 4.79 Å². The molecule has 0 aliphatic rings. The minimum absolute atomic E-state index is 0.0751. The Labute approximate surface area is 103 Å². The summed E-state index contributed by atoms with van der Waals surface area (Å²) in [6, 6.07) is 5.80. The molecule has 1 rings (SSSR count). The van der Waals surface area contributed by atoms with Crippen LogP contribution in [0.4, 0.5) is 5.69 Å². The maximum atomic E-state index is 11.4. The van der Waals surface area contributed by atoms with Crippen LogP contribution in [0, 0.1) is 6.92 Å². The first-order chi connectivity index (χ1) is 7.13. The number of anilines is 1. The van der Waals surface area contributed by atoms with Crippen LogP contribution >= 0.6 is 27.7 Å². The molecule has 15 heavy (non-hydrogen) atoms. The molecule has 1 N–H and O–H groups in total. The summed E-state index contributed by atoms with van der Waals surface area (Å²) in [5, 5.41) is 2.87. The van der Waals surface area contributed by atoms with Crippen LogP contribution in [0.3, 0.4) is 0 Å². The van der Waals surface area contributed by atoms with Crippen molar-refractivity contribution in [2.24, 2.45) is 0 Å². The summed E-state index contributed by atoms with van der Waals surface area (Å²) in [4.78, 5) is 11.4. The Morgan fingerprint density at radius 1 is 1.53 bits per heavy atom. The Bertz CT molecular complexity index is 354. The first kappa shape index (κ1) is 12.6. The monoisotopic (exact) mass is 287 g/mol. The smallest absolute Gasteiger partial charge is 0.225 e. The van der Waals surface area contributed by atoms with Gasteiger partial charge in [-0.05, 0) is 36.9 Å². The standard InChI is InChI=1S/C11H14BrNOS/c1-8-7-9(3-4-10(8)12)13-11(14)5-6-15-2/h3-4,7H,5-6H2,1-2H3,(H,13,14). The summed E-state index contributed by atoms with van der Waals surface area (Å²) in [7, 11) is 0. The lowest BCUT2D eigenvalue weighted by atomic mass is 10.2. The van der Waals surface area contributed by atoms with Crippen molar-refractivity contribution in [3.05, 3.63) is 28.2 Å². The Kier molecular flexibility index (Phi) is 5.19. The normalized spacial score (nSPS) is 10.1. The van der Waals surface area contributed by atoms with Gasteiger partial charge in [0, 0.05) is 22.3 Å². The van der Waals surface area contributed by atoms with Crippen molar-refractivity contribution in [1.82, 2.24) is 0 Å². The van der Waals surface area contributed by atoms with Crippen LogP contribution in [0.1, 0.15) is 12.0 Å². The van der Waals surface area contributed by atoms with Gasteiger partial charge in [0.1, 0.15) is 0 Å².